The lowest BCUT2D eigenvalue weighted by atomic mass is 9.71. The van der Waals surface area contributed by atoms with Crippen LogP contribution in [0.3, 0.4) is 0 Å². The topological polar surface area (TPSA) is 87.2 Å². The molecule has 4 aliphatic rings. The van der Waals surface area contributed by atoms with E-state index in [9.17, 15) is 9.59 Å². The molecule has 0 saturated carbocycles. The number of rotatable bonds is 0. The molecule has 2 fully saturated rings. The summed E-state index contributed by atoms with van der Waals surface area (Å²) < 4.78 is 22.0. The molecule has 0 radical (unpaired) electrons. The van der Waals surface area contributed by atoms with Crippen molar-refractivity contribution in [3.8, 4) is 11.5 Å². The highest BCUT2D eigenvalue weighted by Gasteiger charge is 2.64. The van der Waals surface area contributed by atoms with Crippen LogP contribution in [0.5, 0.6) is 11.5 Å². The van der Waals surface area contributed by atoms with Crippen molar-refractivity contribution in [2.75, 3.05) is 18.2 Å². The fourth-order valence-electron chi connectivity index (χ4n) is 5.08. The van der Waals surface area contributed by atoms with E-state index >= 15 is 0 Å². The van der Waals surface area contributed by atoms with Crippen LogP contribution in [0, 0.1) is 5.41 Å². The van der Waals surface area contributed by atoms with Crippen molar-refractivity contribution >= 4 is 28.7 Å². The van der Waals surface area contributed by atoms with Crippen LogP contribution in [-0.2, 0) is 25.5 Å². The van der Waals surface area contributed by atoms with Gasteiger partial charge in [0.2, 0.25) is 6.79 Å². The first-order valence-electron chi connectivity index (χ1n) is 9.84. The molecule has 0 amide bonds. The van der Waals surface area contributed by atoms with Gasteiger partial charge in [-0.3, -0.25) is 9.59 Å². The summed E-state index contributed by atoms with van der Waals surface area (Å²) in [6.07, 6.45) is 1.80. The maximum atomic E-state index is 13.2. The molecule has 0 N–H and O–H groups in total. The lowest BCUT2D eigenvalue weighted by molar-refractivity contribution is -0.252. The second-order valence-electron chi connectivity index (χ2n) is 8.55. The quantitative estimate of drug-likeness (QED) is 0.495. The predicted octanol–water partition coefficient (Wildman–Crippen LogP) is 2.31. The van der Waals surface area contributed by atoms with E-state index in [4.69, 9.17) is 23.9 Å². The number of ether oxygens (including phenoxy) is 4. The predicted molar refractivity (Wildman–Crippen MR) is 101 cm³/mol. The highest BCUT2D eigenvalue weighted by atomic mass is 16.7. The molecular weight excluding hydrogens is 376 g/mol. The van der Waals surface area contributed by atoms with Crippen molar-refractivity contribution in [2.24, 2.45) is 5.41 Å². The number of cyclic esters (lactones) is 2. The van der Waals surface area contributed by atoms with E-state index in [2.05, 4.69) is 4.90 Å². The third kappa shape index (κ3) is 2.17. The normalized spacial score (nSPS) is 25.6. The molecule has 29 heavy (non-hydrogen) atoms. The van der Waals surface area contributed by atoms with Gasteiger partial charge in [0.25, 0.3) is 5.79 Å². The van der Waals surface area contributed by atoms with Gasteiger partial charge in [-0.25, -0.2) is 4.98 Å². The van der Waals surface area contributed by atoms with E-state index in [0.29, 0.717) is 17.9 Å². The van der Waals surface area contributed by atoms with Crippen molar-refractivity contribution in [3.63, 3.8) is 0 Å². The van der Waals surface area contributed by atoms with Crippen LogP contribution in [0.1, 0.15) is 32.3 Å². The van der Waals surface area contributed by atoms with Gasteiger partial charge in [0.1, 0.15) is 5.82 Å². The van der Waals surface area contributed by atoms with Crippen molar-refractivity contribution in [1.82, 2.24) is 4.98 Å². The number of nitrogens with zero attached hydrogens (tertiary/aromatic N) is 2. The van der Waals surface area contributed by atoms with Crippen LogP contribution in [-0.4, -0.2) is 42.1 Å². The zero-order valence-corrected chi connectivity index (χ0v) is 16.2. The third-order valence-electron chi connectivity index (χ3n) is 6.33. The minimum Gasteiger partial charge on any atom is -0.454 e. The summed E-state index contributed by atoms with van der Waals surface area (Å²) in [5.74, 6) is -0.101. The zero-order chi connectivity index (χ0) is 20.0. The van der Waals surface area contributed by atoms with Gasteiger partial charge in [-0.05, 0) is 30.5 Å². The first-order valence-corrected chi connectivity index (χ1v) is 9.84. The van der Waals surface area contributed by atoms with E-state index in [1.54, 1.807) is 13.8 Å². The van der Waals surface area contributed by atoms with Gasteiger partial charge >= 0.3 is 11.9 Å². The molecule has 0 bridgehead atoms. The van der Waals surface area contributed by atoms with Crippen LogP contribution in [0.2, 0.25) is 0 Å². The number of pyridine rings is 1. The third-order valence-corrected chi connectivity index (χ3v) is 6.33. The minimum absolute atomic E-state index is 0.191. The van der Waals surface area contributed by atoms with Crippen molar-refractivity contribution < 1.29 is 28.5 Å². The Kier molecular flexibility index (Phi) is 3.09. The van der Waals surface area contributed by atoms with Crippen molar-refractivity contribution in [3.05, 3.63) is 23.8 Å². The Morgan fingerprint density at radius 2 is 1.79 bits per heavy atom. The number of aromatic nitrogens is 1. The number of anilines is 1. The highest BCUT2D eigenvalue weighted by Crippen LogP contribution is 2.50. The maximum Gasteiger partial charge on any atom is 0.329 e. The van der Waals surface area contributed by atoms with Crippen molar-refractivity contribution in [1.29, 1.82) is 0 Å². The van der Waals surface area contributed by atoms with E-state index in [1.807, 2.05) is 18.2 Å². The molecule has 2 aromatic rings. The van der Waals surface area contributed by atoms with Crippen LogP contribution in [0.25, 0.3) is 10.9 Å². The van der Waals surface area contributed by atoms with Crippen LogP contribution in [0.4, 0.5) is 5.82 Å². The minimum atomic E-state index is -1.36. The molecule has 4 aliphatic heterocycles. The second-order valence-corrected chi connectivity index (χ2v) is 8.55. The largest absolute Gasteiger partial charge is 0.454 e. The van der Waals surface area contributed by atoms with Gasteiger partial charge in [0.15, 0.2) is 16.9 Å². The van der Waals surface area contributed by atoms with Crippen molar-refractivity contribution in [2.45, 2.75) is 44.9 Å². The lowest BCUT2D eigenvalue weighted by Gasteiger charge is -2.48. The Balaban J connectivity index is 1.53. The summed E-state index contributed by atoms with van der Waals surface area (Å²) in [7, 11) is 0. The number of carbonyl (C=O) groups is 2. The molecule has 150 valence electrons. The Labute approximate surface area is 166 Å². The average Bonchev–Trinajstić information content (AvgIpc) is 3.31. The fraction of sp³-hybridized carbons (Fsp3) is 0.476. The van der Waals surface area contributed by atoms with Crippen LogP contribution >= 0.6 is 0 Å². The standard InChI is InChI=1S/C21H20N2O6/c1-20(2)28-18(24)21(19(25)29-20)9-12-6-11-7-14-15(27-10-26-14)8-13(11)22-17(12)23-5-3-4-16(21)23/h6-8,16H,3-5,9-10H2,1-2H3/t16-/m0/s1. The zero-order valence-electron chi connectivity index (χ0n) is 16.2. The van der Waals surface area contributed by atoms with Gasteiger partial charge in [0, 0.05) is 38.3 Å². The summed E-state index contributed by atoms with van der Waals surface area (Å²) in [5.41, 5.74) is 0.276. The summed E-state index contributed by atoms with van der Waals surface area (Å²) in [5, 5.41) is 0.874. The maximum absolute atomic E-state index is 13.2. The molecule has 0 unspecified atom stereocenters. The van der Waals surface area contributed by atoms with E-state index < -0.39 is 23.1 Å². The fourth-order valence-corrected chi connectivity index (χ4v) is 5.08. The number of benzene rings is 1. The first-order chi connectivity index (χ1) is 13.9. The summed E-state index contributed by atoms with van der Waals surface area (Å²) in [4.78, 5) is 33.3. The molecule has 1 aromatic carbocycles. The molecule has 6 rings (SSSR count). The molecule has 8 nitrogen and oxygen atoms in total. The lowest BCUT2D eigenvalue weighted by Crippen LogP contribution is -2.64. The molecule has 5 heterocycles. The summed E-state index contributed by atoms with van der Waals surface area (Å²) in [6.45, 7) is 4.08. The first kappa shape index (κ1) is 16.9. The Bertz CT molecular complexity index is 1070. The second kappa shape index (κ2) is 5.31. The van der Waals surface area contributed by atoms with Gasteiger partial charge in [0.05, 0.1) is 11.6 Å². The van der Waals surface area contributed by atoms with Crippen LogP contribution in [0.15, 0.2) is 18.2 Å². The monoisotopic (exact) mass is 396 g/mol. The Morgan fingerprint density at radius 3 is 2.55 bits per heavy atom. The molecule has 1 spiro atoms. The molecule has 8 heteroatoms. The number of hydrogen-bond donors (Lipinski definition) is 0. The van der Waals surface area contributed by atoms with E-state index in [0.717, 1.165) is 35.2 Å². The van der Waals surface area contributed by atoms with Gasteiger partial charge in [-0.1, -0.05) is 0 Å². The number of fused-ring (bicyclic) bond motifs is 6. The molecule has 0 aliphatic carbocycles. The number of carbonyl (C=O) groups excluding carboxylic acids is 2. The average molecular weight is 396 g/mol. The van der Waals surface area contributed by atoms with Gasteiger partial charge in [-0.2, -0.15) is 0 Å². The van der Waals surface area contributed by atoms with E-state index in [1.165, 1.54) is 0 Å². The smallest absolute Gasteiger partial charge is 0.329 e. The molecular formula is C21H20N2O6. The molecule has 1 atom stereocenters. The van der Waals surface area contributed by atoms with Gasteiger partial charge in [-0.15, -0.1) is 0 Å². The Hall–Kier alpha value is -3.03. The molecule has 2 saturated heterocycles. The number of esters is 2. The highest BCUT2D eigenvalue weighted by molar-refractivity contribution is 6.04. The van der Waals surface area contributed by atoms with Crippen LogP contribution < -0.4 is 14.4 Å². The summed E-state index contributed by atoms with van der Waals surface area (Å²) in [6, 6.07) is 5.42. The number of hydrogen-bond acceptors (Lipinski definition) is 8. The van der Waals surface area contributed by atoms with Gasteiger partial charge < -0.3 is 23.8 Å². The Morgan fingerprint density at radius 1 is 1.07 bits per heavy atom. The summed E-state index contributed by atoms with van der Waals surface area (Å²) >= 11 is 0. The van der Waals surface area contributed by atoms with E-state index in [-0.39, 0.29) is 19.3 Å². The molecule has 1 aromatic heterocycles. The SMILES string of the molecule is CC1(C)OC(=O)C2(Cc3cc4cc5c(cc4nc3N3CCC[C@H]32)OCO5)C(=O)O1.